The van der Waals surface area contributed by atoms with Gasteiger partial charge in [-0.1, -0.05) is 56.1 Å². The summed E-state index contributed by atoms with van der Waals surface area (Å²) in [7, 11) is 0. The summed E-state index contributed by atoms with van der Waals surface area (Å²) in [6.45, 7) is 11.0. The molecule has 0 aromatic heterocycles. The van der Waals surface area contributed by atoms with Gasteiger partial charge in [0, 0.05) is 44.5 Å². The molecule has 0 saturated carbocycles. The highest BCUT2D eigenvalue weighted by Crippen LogP contribution is 2.24. The molecule has 1 aromatic carbocycles. The predicted molar refractivity (Wildman–Crippen MR) is 128 cm³/mol. The standard InChI is InChI=1S/C24H37Cl2N3O/c1-4-6-21(11-13-29-16-19(3)7-9-22(29)5-2)27-12-14-28(18-30)17-20-8-10-23(25)24(26)15-20/h6,8,10,15,18-19,22,27H,4-5,7,9,11-14,16-17H2,1-3H3/b21-6+. The van der Waals surface area contributed by atoms with Crippen LogP contribution in [0.15, 0.2) is 30.0 Å². The summed E-state index contributed by atoms with van der Waals surface area (Å²) in [5.74, 6) is 0.793. The summed E-state index contributed by atoms with van der Waals surface area (Å²) in [6, 6.07) is 6.22. The van der Waals surface area contributed by atoms with Crippen LogP contribution >= 0.6 is 23.2 Å². The number of nitrogens with zero attached hydrogens (tertiary/aromatic N) is 2. The Morgan fingerprint density at radius 2 is 2.07 bits per heavy atom. The van der Waals surface area contributed by atoms with Gasteiger partial charge in [0.2, 0.25) is 6.41 Å². The zero-order chi connectivity index (χ0) is 21.9. The normalized spacial score (nSPS) is 20.2. The highest BCUT2D eigenvalue weighted by Gasteiger charge is 2.24. The average Bonchev–Trinajstić information content (AvgIpc) is 2.73. The molecule has 1 fully saturated rings. The molecule has 1 heterocycles. The van der Waals surface area contributed by atoms with Gasteiger partial charge >= 0.3 is 0 Å². The minimum Gasteiger partial charge on any atom is -0.387 e. The molecule has 4 nitrogen and oxygen atoms in total. The van der Waals surface area contributed by atoms with Crippen molar-refractivity contribution in [1.82, 2.24) is 15.1 Å². The Morgan fingerprint density at radius 3 is 2.73 bits per heavy atom. The number of nitrogens with one attached hydrogen (secondary N) is 1. The Labute approximate surface area is 192 Å². The minimum atomic E-state index is 0.517. The molecule has 0 bridgehead atoms. The van der Waals surface area contributed by atoms with Gasteiger partial charge < -0.3 is 10.2 Å². The second-order valence-electron chi connectivity index (χ2n) is 8.38. The molecule has 1 amide bonds. The third-order valence-electron chi connectivity index (χ3n) is 5.92. The SMILES string of the molecule is CC/C=C(\CCN1CC(C)CCC1CC)NCCN(C=O)Cc1ccc(Cl)c(Cl)c1. The van der Waals surface area contributed by atoms with E-state index in [4.69, 9.17) is 23.2 Å². The van der Waals surface area contributed by atoms with Crippen LogP contribution in [0.5, 0.6) is 0 Å². The van der Waals surface area contributed by atoms with Gasteiger partial charge in [-0.2, -0.15) is 0 Å². The molecule has 6 heteroatoms. The van der Waals surface area contributed by atoms with Crippen molar-refractivity contribution in [3.05, 3.63) is 45.6 Å². The van der Waals surface area contributed by atoms with E-state index >= 15 is 0 Å². The van der Waals surface area contributed by atoms with E-state index in [0.717, 1.165) is 49.9 Å². The van der Waals surface area contributed by atoms with Crippen LogP contribution in [-0.2, 0) is 11.3 Å². The molecule has 1 N–H and O–H groups in total. The maximum Gasteiger partial charge on any atom is 0.210 e. The van der Waals surface area contributed by atoms with Gasteiger partial charge in [0.1, 0.15) is 0 Å². The molecule has 2 unspecified atom stereocenters. The summed E-state index contributed by atoms with van der Waals surface area (Å²) < 4.78 is 0. The third-order valence-corrected chi connectivity index (χ3v) is 6.65. The Kier molecular flexibility index (Phi) is 11.0. The lowest BCUT2D eigenvalue weighted by Gasteiger charge is -2.38. The fraction of sp³-hybridized carbons (Fsp3) is 0.625. The van der Waals surface area contributed by atoms with E-state index in [1.165, 1.54) is 31.5 Å². The van der Waals surface area contributed by atoms with Gasteiger partial charge in [-0.25, -0.2) is 0 Å². The van der Waals surface area contributed by atoms with Crippen LogP contribution in [0.1, 0.15) is 58.4 Å². The molecule has 2 rings (SSSR count). The van der Waals surface area contributed by atoms with Gasteiger partial charge in [-0.05, 0) is 55.7 Å². The number of piperidine rings is 1. The quantitative estimate of drug-likeness (QED) is 0.410. The monoisotopic (exact) mass is 453 g/mol. The minimum absolute atomic E-state index is 0.517. The first-order valence-electron chi connectivity index (χ1n) is 11.3. The van der Waals surface area contributed by atoms with Crippen molar-refractivity contribution >= 4 is 29.6 Å². The van der Waals surface area contributed by atoms with E-state index in [1.807, 2.05) is 12.1 Å². The molecule has 30 heavy (non-hydrogen) atoms. The first-order valence-corrected chi connectivity index (χ1v) is 12.0. The van der Waals surface area contributed by atoms with Crippen molar-refractivity contribution < 1.29 is 4.79 Å². The molecule has 0 aliphatic carbocycles. The molecule has 168 valence electrons. The van der Waals surface area contributed by atoms with Crippen molar-refractivity contribution in [1.29, 1.82) is 0 Å². The van der Waals surface area contributed by atoms with E-state index in [-0.39, 0.29) is 0 Å². The van der Waals surface area contributed by atoms with Gasteiger partial charge in [0.05, 0.1) is 10.0 Å². The molecule has 1 aliphatic rings. The van der Waals surface area contributed by atoms with E-state index in [9.17, 15) is 4.79 Å². The number of rotatable bonds is 12. The Balaban J connectivity index is 1.82. The molecule has 0 spiro atoms. The van der Waals surface area contributed by atoms with E-state index in [2.05, 4.69) is 37.1 Å². The number of hydrogen-bond acceptors (Lipinski definition) is 3. The largest absolute Gasteiger partial charge is 0.387 e. The summed E-state index contributed by atoms with van der Waals surface area (Å²) in [6.07, 6.45) is 9.12. The Morgan fingerprint density at radius 1 is 1.27 bits per heavy atom. The van der Waals surface area contributed by atoms with Gasteiger partial charge in [0.15, 0.2) is 0 Å². The van der Waals surface area contributed by atoms with E-state index in [0.29, 0.717) is 23.1 Å². The number of carbonyl (C=O) groups excluding carboxylic acids is 1. The lowest BCUT2D eigenvalue weighted by Crippen LogP contribution is -2.43. The van der Waals surface area contributed by atoms with Crippen LogP contribution in [0, 0.1) is 5.92 Å². The summed E-state index contributed by atoms with van der Waals surface area (Å²) in [5.41, 5.74) is 2.26. The van der Waals surface area contributed by atoms with Crippen molar-refractivity contribution in [2.75, 3.05) is 26.2 Å². The zero-order valence-electron chi connectivity index (χ0n) is 18.7. The predicted octanol–water partition coefficient (Wildman–Crippen LogP) is 5.74. The summed E-state index contributed by atoms with van der Waals surface area (Å²) in [4.78, 5) is 15.9. The van der Waals surface area contributed by atoms with Crippen LogP contribution in [-0.4, -0.2) is 48.4 Å². The third kappa shape index (κ3) is 8.13. The molecular weight excluding hydrogens is 417 g/mol. The van der Waals surface area contributed by atoms with Crippen LogP contribution in [0.3, 0.4) is 0 Å². The maximum absolute atomic E-state index is 11.5. The topological polar surface area (TPSA) is 35.6 Å². The molecular formula is C24H37Cl2N3O. The van der Waals surface area contributed by atoms with Crippen molar-refractivity contribution in [3.8, 4) is 0 Å². The van der Waals surface area contributed by atoms with Gasteiger partial charge in [0.25, 0.3) is 0 Å². The molecule has 1 saturated heterocycles. The summed E-state index contributed by atoms with van der Waals surface area (Å²) >= 11 is 12.1. The fourth-order valence-electron chi connectivity index (χ4n) is 4.21. The highest BCUT2D eigenvalue weighted by atomic mass is 35.5. The molecule has 2 atom stereocenters. The molecule has 1 aromatic rings. The second-order valence-corrected chi connectivity index (χ2v) is 9.19. The summed E-state index contributed by atoms with van der Waals surface area (Å²) in [5, 5.41) is 4.61. The first-order chi connectivity index (χ1) is 14.5. The van der Waals surface area contributed by atoms with Gasteiger partial charge in [-0.15, -0.1) is 0 Å². The van der Waals surface area contributed by atoms with Crippen LogP contribution < -0.4 is 5.32 Å². The van der Waals surface area contributed by atoms with Crippen LogP contribution in [0.2, 0.25) is 10.0 Å². The maximum atomic E-state index is 11.5. The lowest BCUT2D eigenvalue weighted by molar-refractivity contribution is -0.118. The van der Waals surface area contributed by atoms with Crippen molar-refractivity contribution in [2.45, 2.75) is 65.5 Å². The number of allylic oxidation sites excluding steroid dienone is 1. The first kappa shape index (κ1) is 25.0. The number of likely N-dealkylation sites (tertiary alicyclic amines) is 1. The number of amides is 1. The van der Waals surface area contributed by atoms with Gasteiger partial charge in [-0.3, -0.25) is 9.69 Å². The number of carbonyl (C=O) groups is 1. The molecule has 0 radical (unpaired) electrons. The average molecular weight is 454 g/mol. The number of halogens is 2. The smallest absolute Gasteiger partial charge is 0.210 e. The van der Waals surface area contributed by atoms with Crippen molar-refractivity contribution in [2.24, 2.45) is 5.92 Å². The Hall–Kier alpha value is -1.23. The number of benzene rings is 1. The van der Waals surface area contributed by atoms with E-state index in [1.54, 1.807) is 11.0 Å². The highest BCUT2D eigenvalue weighted by molar-refractivity contribution is 6.42. The van der Waals surface area contributed by atoms with Crippen molar-refractivity contribution in [3.63, 3.8) is 0 Å². The fourth-order valence-corrected chi connectivity index (χ4v) is 4.53. The zero-order valence-corrected chi connectivity index (χ0v) is 20.2. The lowest BCUT2D eigenvalue weighted by atomic mass is 9.92. The second kappa shape index (κ2) is 13.2. The number of hydrogen-bond donors (Lipinski definition) is 1. The van der Waals surface area contributed by atoms with E-state index < -0.39 is 0 Å². The Bertz CT molecular complexity index is 695. The van der Waals surface area contributed by atoms with Crippen LogP contribution in [0.25, 0.3) is 0 Å². The van der Waals surface area contributed by atoms with Crippen LogP contribution in [0.4, 0.5) is 0 Å². The molecule has 1 aliphatic heterocycles.